The lowest BCUT2D eigenvalue weighted by atomic mass is 9.99. The molecule has 1 atom stereocenters. The maximum absolute atomic E-state index is 6.20. The summed E-state index contributed by atoms with van der Waals surface area (Å²) in [6.07, 6.45) is 5.40. The third-order valence-corrected chi connectivity index (χ3v) is 4.08. The van der Waals surface area contributed by atoms with Crippen LogP contribution in [0.3, 0.4) is 0 Å². The number of nitrogens with one attached hydrogen (secondary N) is 1. The second-order valence-electron chi connectivity index (χ2n) is 4.76. The van der Waals surface area contributed by atoms with Crippen LogP contribution < -0.4 is 5.32 Å². The molecule has 0 bridgehead atoms. The molecule has 0 saturated heterocycles. The van der Waals surface area contributed by atoms with Crippen molar-refractivity contribution in [1.82, 2.24) is 10.3 Å². The minimum absolute atomic E-state index is 0.376. The van der Waals surface area contributed by atoms with Crippen molar-refractivity contribution in [2.75, 3.05) is 6.54 Å². The summed E-state index contributed by atoms with van der Waals surface area (Å²) in [5.41, 5.74) is 2.47. The first kappa shape index (κ1) is 15.5. The number of nitrogens with zero attached hydrogens (tertiary/aromatic N) is 1. The highest BCUT2D eigenvalue weighted by Gasteiger charge is 2.11. The Morgan fingerprint density at radius 2 is 1.95 bits per heavy atom. The first-order valence-electron chi connectivity index (χ1n) is 6.75. The van der Waals surface area contributed by atoms with E-state index in [4.69, 9.17) is 11.6 Å². The van der Waals surface area contributed by atoms with E-state index >= 15 is 0 Å². The van der Waals surface area contributed by atoms with Gasteiger partial charge in [-0.1, -0.05) is 46.6 Å². The van der Waals surface area contributed by atoms with Gasteiger partial charge in [-0.3, -0.25) is 4.98 Å². The molecule has 2 aromatic rings. The Bertz CT molecular complexity index is 542. The number of hydrogen-bond donors (Lipinski definition) is 1. The molecule has 106 valence electrons. The topological polar surface area (TPSA) is 24.9 Å². The molecule has 4 heteroatoms. The van der Waals surface area contributed by atoms with Crippen LogP contribution in [0.2, 0.25) is 5.02 Å². The van der Waals surface area contributed by atoms with E-state index in [1.165, 1.54) is 5.56 Å². The first-order valence-corrected chi connectivity index (χ1v) is 7.92. The summed E-state index contributed by atoms with van der Waals surface area (Å²) in [6.45, 7) is 3.08. The van der Waals surface area contributed by atoms with Crippen molar-refractivity contribution in [3.05, 3.63) is 63.3 Å². The summed E-state index contributed by atoms with van der Waals surface area (Å²) >= 11 is 9.66. The molecule has 0 aliphatic heterocycles. The maximum atomic E-state index is 6.20. The molecule has 2 rings (SSSR count). The Morgan fingerprint density at radius 1 is 1.20 bits per heavy atom. The molecular weight excluding hydrogens is 336 g/mol. The molecule has 1 N–H and O–H groups in total. The molecule has 0 spiro atoms. The smallest absolute Gasteiger partial charge is 0.0621 e. The van der Waals surface area contributed by atoms with Gasteiger partial charge in [-0.25, -0.2) is 0 Å². The molecule has 1 aromatic carbocycles. The van der Waals surface area contributed by atoms with E-state index in [1.807, 2.05) is 6.07 Å². The summed E-state index contributed by atoms with van der Waals surface area (Å²) in [5, 5.41) is 4.27. The van der Waals surface area contributed by atoms with Crippen LogP contribution in [0.5, 0.6) is 0 Å². The van der Waals surface area contributed by atoms with E-state index in [-0.39, 0.29) is 0 Å². The largest absolute Gasteiger partial charge is 0.314 e. The zero-order valence-electron chi connectivity index (χ0n) is 11.4. The van der Waals surface area contributed by atoms with E-state index in [0.29, 0.717) is 6.04 Å². The summed E-state index contributed by atoms with van der Waals surface area (Å²) in [4.78, 5) is 4.03. The van der Waals surface area contributed by atoms with Crippen LogP contribution in [0.25, 0.3) is 0 Å². The van der Waals surface area contributed by atoms with Crippen molar-refractivity contribution in [3.8, 4) is 0 Å². The van der Waals surface area contributed by atoms with Crippen LogP contribution in [0.15, 0.2) is 47.2 Å². The standard InChI is InChI=1S/C16H18BrClN2/c1-2-20-15(9-12-3-5-14(17)6-4-12)10-13-7-8-19-11-16(13)18/h3-8,11,15,20H,2,9-10H2,1H3. The minimum Gasteiger partial charge on any atom is -0.314 e. The van der Waals surface area contributed by atoms with E-state index in [9.17, 15) is 0 Å². The second kappa shape index (κ2) is 7.77. The molecule has 0 fully saturated rings. The van der Waals surface area contributed by atoms with Gasteiger partial charge in [0.2, 0.25) is 0 Å². The highest BCUT2D eigenvalue weighted by atomic mass is 79.9. The van der Waals surface area contributed by atoms with Gasteiger partial charge in [0.1, 0.15) is 0 Å². The van der Waals surface area contributed by atoms with Gasteiger partial charge in [-0.2, -0.15) is 0 Å². The predicted molar refractivity (Wildman–Crippen MR) is 88.3 cm³/mol. The van der Waals surface area contributed by atoms with Gasteiger partial charge in [0.15, 0.2) is 0 Å². The first-order chi connectivity index (χ1) is 9.69. The van der Waals surface area contributed by atoms with Crippen LogP contribution >= 0.6 is 27.5 Å². The molecule has 0 radical (unpaired) electrons. The van der Waals surface area contributed by atoms with Crippen LogP contribution in [-0.4, -0.2) is 17.6 Å². The maximum Gasteiger partial charge on any atom is 0.0621 e. The number of hydrogen-bond acceptors (Lipinski definition) is 2. The normalized spacial score (nSPS) is 12.3. The van der Waals surface area contributed by atoms with Crippen LogP contribution in [-0.2, 0) is 12.8 Å². The van der Waals surface area contributed by atoms with Gasteiger partial charge in [0, 0.05) is 22.9 Å². The van der Waals surface area contributed by atoms with Crippen molar-refractivity contribution >= 4 is 27.5 Å². The minimum atomic E-state index is 0.376. The fourth-order valence-electron chi connectivity index (χ4n) is 2.25. The molecule has 20 heavy (non-hydrogen) atoms. The Kier molecular flexibility index (Phi) is 6.02. The SMILES string of the molecule is CCNC(Cc1ccc(Br)cc1)Cc1ccncc1Cl. The lowest BCUT2D eigenvalue weighted by Crippen LogP contribution is -2.33. The van der Waals surface area contributed by atoms with Crippen molar-refractivity contribution in [2.45, 2.75) is 25.8 Å². The van der Waals surface area contributed by atoms with Crippen molar-refractivity contribution < 1.29 is 0 Å². The second-order valence-corrected chi connectivity index (χ2v) is 6.08. The van der Waals surface area contributed by atoms with Gasteiger partial charge in [0.25, 0.3) is 0 Å². The number of likely N-dealkylation sites (N-methyl/N-ethyl adjacent to an activating group) is 1. The third kappa shape index (κ3) is 4.58. The fraction of sp³-hybridized carbons (Fsp3) is 0.312. The van der Waals surface area contributed by atoms with Gasteiger partial charge >= 0.3 is 0 Å². The fourth-order valence-corrected chi connectivity index (χ4v) is 2.71. The molecule has 0 saturated carbocycles. The summed E-state index contributed by atoms with van der Waals surface area (Å²) in [7, 11) is 0. The quantitative estimate of drug-likeness (QED) is 0.839. The average Bonchev–Trinajstić information content (AvgIpc) is 2.44. The van der Waals surface area contributed by atoms with E-state index in [1.54, 1.807) is 12.4 Å². The lowest BCUT2D eigenvalue weighted by molar-refractivity contribution is 0.521. The number of halogens is 2. The van der Waals surface area contributed by atoms with Crippen molar-refractivity contribution in [2.24, 2.45) is 0 Å². The van der Waals surface area contributed by atoms with Crippen LogP contribution in [0.4, 0.5) is 0 Å². The molecular formula is C16H18BrClN2. The predicted octanol–water partition coefficient (Wildman–Crippen LogP) is 4.26. The Hall–Kier alpha value is -0.900. The summed E-state index contributed by atoms with van der Waals surface area (Å²) in [5.74, 6) is 0. The van der Waals surface area contributed by atoms with Crippen molar-refractivity contribution in [1.29, 1.82) is 0 Å². The molecule has 1 aromatic heterocycles. The highest BCUT2D eigenvalue weighted by Crippen LogP contribution is 2.18. The van der Waals surface area contributed by atoms with Gasteiger partial charge in [-0.15, -0.1) is 0 Å². The molecule has 1 heterocycles. The Morgan fingerprint density at radius 3 is 2.60 bits per heavy atom. The Labute approximate surface area is 133 Å². The van der Waals surface area contributed by atoms with Crippen LogP contribution in [0, 0.1) is 0 Å². The van der Waals surface area contributed by atoms with Crippen molar-refractivity contribution in [3.63, 3.8) is 0 Å². The van der Waals surface area contributed by atoms with Crippen LogP contribution in [0.1, 0.15) is 18.1 Å². The highest BCUT2D eigenvalue weighted by molar-refractivity contribution is 9.10. The Balaban J connectivity index is 2.07. The monoisotopic (exact) mass is 352 g/mol. The third-order valence-electron chi connectivity index (χ3n) is 3.21. The zero-order valence-corrected chi connectivity index (χ0v) is 13.8. The van der Waals surface area contributed by atoms with E-state index < -0.39 is 0 Å². The van der Waals surface area contributed by atoms with Gasteiger partial charge in [0.05, 0.1) is 5.02 Å². The number of benzene rings is 1. The molecule has 2 nitrogen and oxygen atoms in total. The van der Waals surface area contributed by atoms with E-state index in [0.717, 1.165) is 34.4 Å². The number of pyridine rings is 1. The van der Waals surface area contributed by atoms with Gasteiger partial charge in [-0.05, 0) is 48.7 Å². The average molecular weight is 354 g/mol. The summed E-state index contributed by atoms with van der Waals surface area (Å²) < 4.78 is 1.11. The molecule has 1 unspecified atom stereocenters. The van der Waals surface area contributed by atoms with E-state index in [2.05, 4.69) is 57.4 Å². The molecule has 0 amide bonds. The lowest BCUT2D eigenvalue weighted by Gasteiger charge is -2.18. The molecule has 0 aliphatic rings. The molecule has 0 aliphatic carbocycles. The van der Waals surface area contributed by atoms with Gasteiger partial charge < -0.3 is 5.32 Å². The number of rotatable bonds is 6. The summed E-state index contributed by atoms with van der Waals surface area (Å²) in [6, 6.07) is 10.8. The zero-order chi connectivity index (χ0) is 14.4. The number of aromatic nitrogens is 1.